The number of hydrogen-bond donors (Lipinski definition) is 2. The number of rotatable bonds is 2. The van der Waals surface area contributed by atoms with Crippen molar-refractivity contribution in [2.75, 3.05) is 0 Å². The standard InChI is InChI=1S/C13H22N2O2/c1-8-3-2-4-10(14-8)13(16)15-11-7-9-5-6-12(11)17-9/h8-12,14H,2-7H2,1H3,(H,15,16). The van der Waals surface area contributed by atoms with Crippen LogP contribution in [-0.4, -0.2) is 36.2 Å². The lowest BCUT2D eigenvalue weighted by molar-refractivity contribution is -0.125. The van der Waals surface area contributed by atoms with Gasteiger partial charge in [0.05, 0.1) is 24.3 Å². The van der Waals surface area contributed by atoms with E-state index in [0.29, 0.717) is 12.1 Å². The van der Waals surface area contributed by atoms with Crippen LogP contribution in [0.5, 0.6) is 0 Å². The maximum atomic E-state index is 12.1. The number of amides is 1. The molecule has 0 spiro atoms. The lowest BCUT2D eigenvalue weighted by atomic mass is 9.94. The van der Waals surface area contributed by atoms with Gasteiger partial charge in [-0.1, -0.05) is 0 Å². The zero-order valence-electron chi connectivity index (χ0n) is 10.4. The van der Waals surface area contributed by atoms with E-state index in [9.17, 15) is 4.79 Å². The van der Waals surface area contributed by atoms with Crippen molar-refractivity contribution < 1.29 is 9.53 Å². The van der Waals surface area contributed by atoms with E-state index >= 15 is 0 Å². The molecule has 0 aliphatic carbocycles. The molecule has 0 aromatic carbocycles. The maximum Gasteiger partial charge on any atom is 0.237 e. The fourth-order valence-electron chi connectivity index (χ4n) is 3.42. The second-order valence-electron chi connectivity index (χ2n) is 5.78. The van der Waals surface area contributed by atoms with E-state index in [1.54, 1.807) is 0 Å². The van der Waals surface area contributed by atoms with Crippen molar-refractivity contribution in [2.24, 2.45) is 0 Å². The molecule has 5 atom stereocenters. The van der Waals surface area contributed by atoms with Crippen molar-refractivity contribution in [2.45, 2.75) is 75.8 Å². The molecular formula is C13H22N2O2. The predicted octanol–water partition coefficient (Wildman–Crippen LogP) is 0.953. The van der Waals surface area contributed by atoms with Crippen molar-refractivity contribution in [3.8, 4) is 0 Å². The van der Waals surface area contributed by atoms with Crippen LogP contribution >= 0.6 is 0 Å². The molecule has 0 radical (unpaired) electrons. The Labute approximate surface area is 102 Å². The van der Waals surface area contributed by atoms with E-state index in [2.05, 4.69) is 17.6 Å². The SMILES string of the molecule is CC1CCCC(C(=O)NC2CC3CCC2O3)N1. The van der Waals surface area contributed by atoms with E-state index in [0.717, 1.165) is 25.7 Å². The maximum absolute atomic E-state index is 12.1. The second kappa shape index (κ2) is 4.58. The summed E-state index contributed by atoms with van der Waals surface area (Å²) in [5.41, 5.74) is 0. The summed E-state index contributed by atoms with van der Waals surface area (Å²) in [5.74, 6) is 0.178. The molecule has 2 bridgehead atoms. The second-order valence-corrected chi connectivity index (χ2v) is 5.78. The van der Waals surface area contributed by atoms with Gasteiger partial charge in [0.15, 0.2) is 0 Å². The van der Waals surface area contributed by atoms with Gasteiger partial charge < -0.3 is 15.4 Å². The normalized spacial score (nSPS) is 44.9. The monoisotopic (exact) mass is 238 g/mol. The highest BCUT2D eigenvalue weighted by Gasteiger charge is 2.42. The van der Waals surface area contributed by atoms with E-state index < -0.39 is 0 Å². The third-order valence-electron chi connectivity index (χ3n) is 4.37. The van der Waals surface area contributed by atoms with Crippen LogP contribution in [0.25, 0.3) is 0 Å². The van der Waals surface area contributed by atoms with Crippen LogP contribution in [0.4, 0.5) is 0 Å². The van der Waals surface area contributed by atoms with Crippen LogP contribution in [0.1, 0.15) is 45.4 Å². The Bertz CT molecular complexity index is 308. The Hall–Kier alpha value is -0.610. The van der Waals surface area contributed by atoms with Gasteiger partial charge in [-0.2, -0.15) is 0 Å². The van der Waals surface area contributed by atoms with E-state index in [4.69, 9.17) is 4.74 Å². The van der Waals surface area contributed by atoms with Crippen molar-refractivity contribution >= 4 is 5.91 Å². The number of nitrogens with one attached hydrogen (secondary N) is 2. The molecule has 3 aliphatic rings. The summed E-state index contributed by atoms with van der Waals surface area (Å²) in [4.78, 5) is 12.1. The zero-order chi connectivity index (χ0) is 11.8. The van der Waals surface area contributed by atoms with Crippen LogP contribution in [0.2, 0.25) is 0 Å². The molecule has 3 saturated heterocycles. The van der Waals surface area contributed by atoms with Gasteiger partial charge in [-0.15, -0.1) is 0 Å². The Balaban J connectivity index is 1.53. The van der Waals surface area contributed by atoms with Crippen molar-refractivity contribution in [3.63, 3.8) is 0 Å². The number of ether oxygens (including phenoxy) is 1. The molecule has 17 heavy (non-hydrogen) atoms. The van der Waals surface area contributed by atoms with E-state index in [1.165, 1.54) is 12.8 Å². The minimum absolute atomic E-state index is 0.0119. The minimum Gasteiger partial charge on any atom is -0.373 e. The van der Waals surface area contributed by atoms with Gasteiger partial charge in [-0.25, -0.2) is 0 Å². The molecule has 1 amide bonds. The van der Waals surface area contributed by atoms with Gasteiger partial charge in [-0.05, 0) is 45.4 Å². The van der Waals surface area contributed by atoms with Crippen LogP contribution in [-0.2, 0) is 9.53 Å². The van der Waals surface area contributed by atoms with Crippen LogP contribution in [0, 0.1) is 0 Å². The summed E-state index contributed by atoms with van der Waals surface area (Å²) >= 11 is 0. The number of piperidine rings is 1. The average Bonchev–Trinajstić information content (AvgIpc) is 2.91. The lowest BCUT2D eigenvalue weighted by Crippen LogP contribution is -2.53. The third-order valence-corrected chi connectivity index (χ3v) is 4.37. The smallest absolute Gasteiger partial charge is 0.237 e. The Morgan fingerprint density at radius 1 is 1.29 bits per heavy atom. The van der Waals surface area contributed by atoms with E-state index in [1.807, 2.05) is 0 Å². The summed E-state index contributed by atoms with van der Waals surface area (Å²) in [6.07, 6.45) is 7.30. The average molecular weight is 238 g/mol. The number of fused-ring (bicyclic) bond motifs is 2. The van der Waals surface area contributed by atoms with Gasteiger partial charge in [-0.3, -0.25) is 4.79 Å². The number of hydrogen-bond acceptors (Lipinski definition) is 3. The van der Waals surface area contributed by atoms with Gasteiger partial charge in [0.25, 0.3) is 0 Å². The highest BCUT2D eigenvalue weighted by atomic mass is 16.5. The molecule has 3 aliphatic heterocycles. The van der Waals surface area contributed by atoms with Gasteiger partial charge in [0, 0.05) is 6.04 Å². The molecule has 3 heterocycles. The van der Waals surface area contributed by atoms with Gasteiger partial charge in [0.2, 0.25) is 5.91 Å². The minimum atomic E-state index is 0.0119. The van der Waals surface area contributed by atoms with Crippen LogP contribution in [0.15, 0.2) is 0 Å². The molecule has 3 fully saturated rings. The molecule has 5 unspecified atom stereocenters. The predicted molar refractivity (Wildman–Crippen MR) is 64.7 cm³/mol. The highest BCUT2D eigenvalue weighted by molar-refractivity contribution is 5.82. The third kappa shape index (κ3) is 2.33. The molecule has 2 N–H and O–H groups in total. The fraction of sp³-hybridized carbons (Fsp3) is 0.923. The largest absolute Gasteiger partial charge is 0.373 e. The van der Waals surface area contributed by atoms with Crippen LogP contribution in [0.3, 0.4) is 0 Å². The fourth-order valence-corrected chi connectivity index (χ4v) is 3.42. The van der Waals surface area contributed by atoms with Gasteiger partial charge in [0.1, 0.15) is 0 Å². The molecule has 3 rings (SSSR count). The Morgan fingerprint density at radius 2 is 2.18 bits per heavy atom. The lowest BCUT2D eigenvalue weighted by Gasteiger charge is -2.30. The quantitative estimate of drug-likeness (QED) is 0.753. The summed E-state index contributed by atoms with van der Waals surface area (Å²) in [7, 11) is 0. The molecule has 0 aromatic rings. The van der Waals surface area contributed by atoms with E-state index in [-0.39, 0.29) is 24.1 Å². The summed E-state index contributed by atoms with van der Waals surface area (Å²) < 4.78 is 5.76. The first-order chi connectivity index (χ1) is 8.22. The summed E-state index contributed by atoms with van der Waals surface area (Å²) in [6.45, 7) is 2.15. The van der Waals surface area contributed by atoms with Crippen molar-refractivity contribution in [3.05, 3.63) is 0 Å². The Morgan fingerprint density at radius 3 is 2.82 bits per heavy atom. The van der Waals surface area contributed by atoms with Gasteiger partial charge >= 0.3 is 0 Å². The summed E-state index contributed by atoms with van der Waals surface area (Å²) in [5, 5.41) is 6.56. The first kappa shape index (κ1) is 11.5. The topological polar surface area (TPSA) is 50.4 Å². The molecular weight excluding hydrogens is 216 g/mol. The first-order valence-electron chi connectivity index (χ1n) is 6.94. The first-order valence-corrected chi connectivity index (χ1v) is 6.94. The summed E-state index contributed by atoms with van der Waals surface area (Å²) in [6, 6.07) is 0.744. The van der Waals surface area contributed by atoms with Crippen LogP contribution < -0.4 is 10.6 Å². The number of carbonyl (C=O) groups is 1. The molecule has 4 heteroatoms. The highest BCUT2D eigenvalue weighted by Crippen LogP contribution is 2.34. The molecule has 0 saturated carbocycles. The van der Waals surface area contributed by atoms with Crippen molar-refractivity contribution in [1.29, 1.82) is 0 Å². The Kier molecular flexibility index (Phi) is 3.09. The zero-order valence-corrected chi connectivity index (χ0v) is 10.4. The molecule has 4 nitrogen and oxygen atoms in total. The van der Waals surface area contributed by atoms with Crippen molar-refractivity contribution in [1.82, 2.24) is 10.6 Å². The molecule has 0 aromatic heterocycles. The number of carbonyl (C=O) groups excluding carboxylic acids is 1. The molecule has 96 valence electrons.